The van der Waals surface area contributed by atoms with Gasteiger partial charge in [0, 0.05) is 29.5 Å². The van der Waals surface area contributed by atoms with Crippen molar-refractivity contribution in [1.82, 2.24) is 0 Å². The highest BCUT2D eigenvalue weighted by Gasteiger charge is 2.01. The van der Waals surface area contributed by atoms with Crippen LogP contribution in [0.3, 0.4) is 0 Å². The summed E-state index contributed by atoms with van der Waals surface area (Å²) in [4.78, 5) is 0. The van der Waals surface area contributed by atoms with Gasteiger partial charge in [0.05, 0.1) is 6.07 Å². The summed E-state index contributed by atoms with van der Waals surface area (Å²) >= 11 is 1.79. The van der Waals surface area contributed by atoms with Crippen LogP contribution in [0.1, 0.15) is 12.8 Å². The van der Waals surface area contributed by atoms with Crippen LogP contribution in [-0.4, -0.2) is 17.5 Å². The Morgan fingerprint density at radius 2 is 2.38 bits per heavy atom. The smallest absolute Gasteiger partial charge is 0.0947 e. The average Bonchev–Trinajstić information content (AvgIpc) is 2.16. The Hall–Kier alpha value is -0.720. The molecule has 0 aromatic rings. The van der Waals surface area contributed by atoms with Crippen LogP contribution in [0, 0.1) is 11.3 Å². The maximum atomic E-state index is 8.74. The molecule has 0 aromatic heterocycles. The fourth-order valence-corrected chi connectivity index (χ4v) is 2.00. The van der Waals surface area contributed by atoms with Gasteiger partial charge in [-0.3, -0.25) is 0 Å². The van der Waals surface area contributed by atoms with Gasteiger partial charge in [0.1, 0.15) is 0 Å². The Bertz CT molecular complexity index is 250. The van der Waals surface area contributed by atoms with E-state index in [2.05, 4.69) is 12.1 Å². The predicted octanol–water partition coefficient (Wildman–Crippen LogP) is 1.85. The molecular formula is C10H14N2S. The van der Waals surface area contributed by atoms with E-state index in [0.29, 0.717) is 0 Å². The Labute approximate surface area is 83.5 Å². The summed E-state index contributed by atoms with van der Waals surface area (Å²) in [6.07, 6.45) is 7.77. The molecule has 2 N–H and O–H groups in total. The van der Waals surface area contributed by atoms with Crippen molar-refractivity contribution < 1.29 is 0 Å². The molecule has 0 saturated heterocycles. The molecule has 0 radical (unpaired) electrons. The molecule has 0 saturated carbocycles. The minimum atomic E-state index is 0.262. The van der Waals surface area contributed by atoms with Crippen LogP contribution >= 0.6 is 11.8 Å². The first kappa shape index (κ1) is 10.4. The third kappa shape index (κ3) is 4.16. The van der Waals surface area contributed by atoms with Crippen LogP contribution in [-0.2, 0) is 0 Å². The summed E-state index contributed by atoms with van der Waals surface area (Å²) in [7, 11) is 0. The molecule has 0 amide bonds. The molecule has 0 spiro atoms. The second-order valence-corrected chi connectivity index (χ2v) is 4.12. The van der Waals surface area contributed by atoms with Crippen molar-refractivity contribution >= 4 is 11.8 Å². The van der Waals surface area contributed by atoms with Crippen molar-refractivity contribution in [3.63, 3.8) is 0 Å². The molecule has 13 heavy (non-hydrogen) atoms. The molecule has 1 aliphatic rings. The van der Waals surface area contributed by atoms with E-state index >= 15 is 0 Å². The first-order chi connectivity index (χ1) is 6.33. The third-order valence-corrected chi connectivity index (χ3v) is 2.93. The Morgan fingerprint density at radius 1 is 1.54 bits per heavy atom. The van der Waals surface area contributed by atoms with Gasteiger partial charge >= 0.3 is 0 Å². The number of nitrogens with zero attached hydrogens (tertiary/aromatic N) is 1. The average molecular weight is 194 g/mol. The molecule has 2 nitrogen and oxygen atoms in total. The summed E-state index contributed by atoms with van der Waals surface area (Å²) in [5.41, 5.74) is 6.69. The van der Waals surface area contributed by atoms with Crippen LogP contribution in [0.4, 0.5) is 0 Å². The number of rotatable bonds is 0. The lowest BCUT2D eigenvalue weighted by Crippen LogP contribution is -2.22. The Kier molecular flexibility index (Phi) is 4.66. The van der Waals surface area contributed by atoms with E-state index < -0.39 is 0 Å². The van der Waals surface area contributed by atoms with E-state index in [1.54, 1.807) is 11.8 Å². The zero-order valence-corrected chi connectivity index (χ0v) is 8.39. The van der Waals surface area contributed by atoms with E-state index in [1.807, 2.05) is 12.2 Å². The molecule has 1 heterocycles. The molecule has 0 aliphatic carbocycles. The van der Waals surface area contributed by atoms with Crippen molar-refractivity contribution in [2.75, 3.05) is 11.5 Å². The SMILES string of the molecule is N#C/C1=C/CSCC(N)C/C=C\C1. The maximum Gasteiger partial charge on any atom is 0.0947 e. The van der Waals surface area contributed by atoms with Crippen LogP contribution in [0.5, 0.6) is 0 Å². The summed E-state index contributed by atoms with van der Waals surface area (Å²) in [6, 6.07) is 2.46. The van der Waals surface area contributed by atoms with Crippen molar-refractivity contribution in [3.8, 4) is 6.07 Å². The van der Waals surface area contributed by atoms with Gasteiger partial charge in [-0.05, 0) is 6.42 Å². The summed E-state index contributed by atoms with van der Waals surface area (Å²) in [5, 5.41) is 8.74. The number of allylic oxidation sites excluding steroid dienone is 2. The van der Waals surface area contributed by atoms with Crippen LogP contribution in [0.25, 0.3) is 0 Å². The maximum absolute atomic E-state index is 8.74. The number of hydrogen-bond acceptors (Lipinski definition) is 3. The van der Waals surface area contributed by atoms with Crippen LogP contribution in [0.15, 0.2) is 23.8 Å². The van der Waals surface area contributed by atoms with Crippen molar-refractivity contribution in [2.24, 2.45) is 5.73 Å². The monoisotopic (exact) mass is 194 g/mol. The summed E-state index contributed by atoms with van der Waals surface area (Å²) < 4.78 is 0. The zero-order valence-electron chi connectivity index (χ0n) is 7.57. The number of thioether (sulfide) groups is 1. The summed E-state index contributed by atoms with van der Waals surface area (Å²) in [5.74, 6) is 1.88. The van der Waals surface area contributed by atoms with Gasteiger partial charge in [-0.2, -0.15) is 17.0 Å². The van der Waals surface area contributed by atoms with Crippen LogP contribution < -0.4 is 5.73 Å². The Morgan fingerprint density at radius 3 is 3.15 bits per heavy atom. The second-order valence-electron chi connectivity index (χ2n) is 3.05. The van der Waals surface area contributed by atoms with E-state index in [0.717, 1.165) is 29.9 Å². The normalized spacial score (nSPS) is 31.1. The molecule has 70 valence electrons. The number of nitrogens with two attached hydrogens (primary N) is 1. The first-order valence-corrected chi connectivity index (χ1v) is 5.56. The lowest BCUT2D eigenvalue weighted by molar-refractivity contribution is 0.767. The van der Waals surface area contributed by atoms with Crippen molar-refractivity contribution in [3.05, 3.63) is 23.8 Å². The van der Waals surface area contributed by atoms with Gasteiger partial charge in [-0.25, -0.2) is 0 Å². The predicted molar refractivity (Wildman–Crippen MR) is 57.4 cm³/mol. The van der Waals surface area contributed by atoms with Gasteiger partial charge < -0.3 is 5.73 Å². The van der Waals surface area contributed by atoms with Crippen LogP contribution in [0.2, 0.25) is 0 Å². The molecule has 1 unspecified atom stereocenters. The minimum absolute atomic E-state index is 0.262. The lowest BCUT2D eigenvalue weighted by Gasteiger charge is -2.08. The van der Waals surface area contributed by atoms with Gasteiger partial charge in [0.15, 0.2) is 0 Å². The summed E-state index contributed by atoms with van der Waals surface area (Å²) in [6.45, 7) is 0. The quantitative estimate of drug-likeness (QED) is 0.599. The number of hydrogen-bond donors (Lipinski definition) is 1. The Balaban J connectivity index is 2.54. The van der Waals surface area contributed by atoms with E-state index in [9.17, 15) is 0 Å². The molecule has 1 rings (SSSR count). The molecular weight excluding hydrogens is 180 g/mol. The van der Waals surface area contributed by atoms with Gasteiger partial charge in [-0.15, -0.1) is 0 Å². The topological polar surface area (TPSA) is 49.8 Å². The first-order valence-electron chi connectivity index (χ1n) is 4.40. The van der Waals surface area contributed by atoms with Crippen molar-refractivity contribution in [2.45, 2.75) is 18.9 Å². The van der Waals surface area contributed by atoms with Gasteiger partial charge in [-0.1, -0.05) is 18.2 Å². The van der Waals surface area contributed by atoms with Gasteiger partial charge in [0.2, 0.25) is 0 Å². The lowest BCUT2D eigenvalue weighted by atomic mass is 10.1. The molecule has 1 aliphatic heterocycles. The fraction of sp³-hybridized carbons (Fsp3) is 0.500. The molecule has 0 aromatic carbocycles. The molecule has 1 atom stereocenters. The third-order valence-electron chi connectivity index (χ3n) is 1.87. The highest BCUT2D eigenvalue weighted by Crippen LogP contribution is 2.11. The molecule has 3 heteroatoms. The fourth-order valence-electron chi connectivity index (χ4n) is 1.10. The standard InChI is InChI=1S/C10H14N2S/c11-7-9-3-1-2-4-10(12)8-13-6-5-9/h1-2,5,10H,3-4,6,8,12H2/b2-1-,9-5+. The zero-order chi connectivity index (χ0) is 9.52. The second kappa shape index (κ2) is 5.85. The number of nitriles is 1. The van der Waals surface area contributed by atoms with Gasteiger partial charge in [0.25, 0.3) is 0 Å². The molecule has 0 fully saturated rings. The van der Waals surface area contributed by atoms with E-state index in [-0.39, 0.29) is 6.04 Å². The van der Waals surface area contributed by atoms with Crippen molar-refractivity contribution in [1.29, 1.82) is 5.26 Å². The largest absolute Gasteiger partial charge is 0.327 e. The van der Waals surface area contributed by atoms with E-state index in [4.69, 9.17) is 11.0 Å². The minimum Gasteiger partial charge on any atom is -0.327 e. The molecule has 0 bridgehead atoms. The van der Waals surface area contributed by atoms with E-state index in [1.165, 1.54) is 0 Å². The highest BCUT2D eigenvalue weighted by atomic mass is 32.2. The highest BCUT2D eigenvalue weighted by molar-refractivity contribution is 7.99.